The summed E-state index contributed by atoms with van der Waals surface area (Å²) in [4.78, 5) is 32.8. The Kier molecular flexibility index (Phi) is 5.73. The monoisotopic (exact) mass is 299 g/mol. The maximum Gasteiger partial charge on any atom is 0.313 e. The van der Waals surface area contributed by atoms with E-state index in [0.29, 0.717) is 0 Å². The lowest BCUT2D eigenvalue weighted by molar-refractivity contribution is -0.387. The molecular weight excluding hydrogens is 285 g/mol. The maximum atomic E-state index is 13.1. The zero-order valence-corrected chi connectivity index (χ0v) is 11.4. The summed E-state index contributed by atoms with van der Waals surface area (Å²) in [7, 11) is 1.44. The highest BCUT2D eigenvalue weighted by atomic mass is 19.1. The van der Waals surface area contributed by atoms with Crippen LogP contribution in [0.15, 0.2) is 18.2 Å². The Bertz CT molecular complexity index is 564. The molecule has 1 atom stereocenters. The number of amides is 2. The number of nitro groups is 1. The van der Waals surface area contributed by atoms with E-state index < -0.39 is 28.2 Å². The molecule has 2 N–H and O–H groups in total. The lowest BCUT2D eigenvalue weighted by atomic mass is 10.2. The second kappa shape index (κ2) is 7.29. The zero-order chi connectivity index (χ0) is 16.0. The fourth-order valence-corrected chi connectivity index (χ4v) is 1.50. The van der Waals surface area contributed by atoms with E-state index in [-0.39, 0.29) is 18.3 Å². The Morgan fingerprint density at radius 2 is 2.10 bits per heavy atom. The Balaban J connectivity index is 2.73. The van der Waals surface area contributed by atoms with Gasteiger partial charge in [-0.25, -0.2) is 0 Å². The number of halogens is 1. The number of methoxy groups -OCH3 is 1. The molecule has 2 amide bonds. The number of anilines is 1. The smallest absolute Gasteiger partial charge is 0.313 e. The van der Waals surface area contributed by atoms with Crippen LogP contribution in [0.4, 0.5) is 15.8 Å². The summed E-state index contributed by atoms with van der Waals surface area (Å²) in [6, 6.07) is 2.40. The number of ether oxygens (including phenoxy) is 1. The van der Waals surface area contributed by atoms with Gasteiger partial charge in [0.1, 0.15) is 0 Å². The molecule has 8 nitrogen and oxygen atoms in total. The first-order chi connectivity index (χ1) is 9.85. The zero-order valence-electron chi connectivity index (χ0n) is 11.4. The van der Waals surface area contributed by atoms with Crippen molar-refractivity contribution < 1.29 is 23.6 Å². The fraction of sp³-hybridized carbons (Fsp3) is 0.333. The van der Waals surface area contributed by atoms with Gasteiger partial charge in [-0.3, -0.25) is 19.7 Å². The number of rotatable bonds is 5. The van der Waals surface area contributed by atoms with Crippen LogP contribution < -0.4 is 10.6 Å². The van der Waals surface area contributed by atoms with Gasteiger partial charge in [0.05, 0.1) is 11.5 Å². The molecule has 0 bridgehead atoms. The van der Waals surface area contributed by atoms with Crippen LogP contribution in [-0.2, 0) is 14.3 Å². The molecule has 0 saturated heterocycles. The van der Waals surface area contributed by atoms with Gasteiger partial charge < -0.3 is 15.4 Å². The highest BCUT2D eigenvalue weighted by Crippen LogP contribution is 2.21. The molecule has 0 heterocycles. The van der Waals surface area contributed by atoms with Crippen molar-refractivity contribution >= 4 is 23.2 Å². The Morgan fingerprint density at radius 3 is 2.67 bits per heavy atom. The molecule has 0 saturated carbocycles. The third-order valence-electron chi connectivity index (χ3n) is 2.40. The Morgan fingerprint density at radius 1 is 1.43 bits per heavy atom. The number of nitrogens with zero attached hydrogens (tertiary/aromatic N) is 1. The van der Waals surface area contributed by atoms with Crippen LogP contribution in [-0.4, -0.2) is 36.5 Å². The van der Waals surface area contributed by atoms with Crippen molar-refractivity contribution in [1.29, 1.82) is 0 Å². The normalized spacial score (nSPS) is 11.6. The molecule has 1 rings (SSSR count). The van der Waals surface area contributed by atoms with Crippen LogP contribution in [0.1, 0.15) is 6.92 Å². The van der Waals surface area contributed by atoms with Crippen molar-refractivity contribution in [3.05, 3.63) is 34.1 Å². The summed E-state index contributed by atoms with van der Waals surface area (Å²) >= 11 is 0. The molecule has 0 aliphatic heterocycles. The molecule has 9 heteroatoms. The summed E-state index contributed by atoms with van der Waals surface area (Å²) in [6.07, 6.45) is 0. The molecule has 0 aliphatic rings. The van der Waals surface area contributed by atoms with Gasteiger partial charge in [0.2, 0.25) is 5.82 Å². The van der Waals surface area contributed by atoms with Gasteiger partial charge in [-0.05, 0) is 19.1 Å². The molecule has 0 unspecified atom stereocenters. The molecule has 0 spiro atoms. The minimum absolute atomic E-state index is 0.0531. The molecule has 0 aromatic heterocycles. The van der Waals surface area contributed by atoms with Crippen LogP contribution in [0.3, 0.4) is 0 Å². The van der Waals surface area contributed by atoms with Crippen molar-refractivity contribution in [3.63, 3.8) is 0 Å². The van der Waals surface area contributed by atoms with Crippen molar-refractivity contribution in [1.82, 2.24) is 5.32 Å². The Labute approximate surface area is 119 Å². The van der Waals surface area contributed by atoms with Gasteiger partial charge in [0.15, 0.2) is 0 Å². The van der Waals surface area contributed by atoms with Crippen LogP contribution in [0.25, 0.3) is 0 Å². The third-order valence-corrected chi connectivity index (χ3v) is 2.40. The van der Waals surface area contributed by atoms with E-state index >= 15 is 0 Å². The second-order valence-corrected chi connectivity index (χ2v) is 4.21. The van der Waals surface area contributed by atoms with Gasteiger partial charge >= 0.3 is 17.5 Å². The van der Waals surface area contributed by atoms with Crippen LogP contribution in [0, 0.1) is 15.9 Å². The van der Waals surface area contributed by atoms with E-state index in [1.807, 2.05) is 0 Å². The SMILES string of the molecule is COC[C@H](C)NC(=O)C(=O)Nc1ccc(F)c([N+](=O)[O-])c1. The van der Waals surface area contributed by atoms with E-state index in [4.69, 9.17) is 4.74 Å². The van der Waals surface area contributed by atoms with Gasteiger partial charge in [-0.2, -0.15) is 4.39 Å². The summed E-state index contributed by atoms with van der Waals surface area (Å²) in [6.45, 7) is 1.86. The van der Waals surface area contributed by atoms with E-state index in [9.17, 15) is 24.1 Å². The number of nitrogens with one attached hydrogen (secondary N) is 2. The predicted molar refractivity (Wildman–Crippen MR) is 71.2 cm³/mol. The largest absolute Gasteiger partial charge is 0.383 e. The molecular formula is C12H14FN3O5. The maximum absolute atomic E-state index is 13.1. The molecule has 1 aromatic rings. The van der Waals surface area contributed by atoms with Gasteiger partial charge in [0.25, 0.3) is 0 Å². The van der Waals surface area contributed by atoms with E-state index in [1.165, 1.54) is 7.11 Å². The Hall–Kier alpha value is -2.55. The number of benzene rings is 1. The van der Waals surface area contributed by atoms with Gasteiger partial charge in [0, 0.05) is 24.9 Å². The van der Waals surface area contributed by atoms with Gasteiger partial charge in [-0.15, -0.1) is 0 Å². The van der Waals surface area contributed by atoms with Gasteiger partial charge in [-0.1, -0.05) is 0 Å². The standard InChI is InChI=1S/C12H14FN3O5/c1-7(6-21-2)14-11(17)12(18)15-8-3-4-9(13)10(5-8)16(19)20/h3-5,7H,6H2,1-2H3,(H,14,17)(H,15,18)/t7-/m0/s1. The average molecular weight is 299 g/mol. The minimum Gasteiger partial charge on any atom is -0.383 e. The second-order valence-electron chi connectivity index (χ2n) is 4.21. The highest BCUT2D eigenvalue weighted by Gasteiger charge is 2.19. The average Bonchev–Trinajstić information content (AvgIpc) is 2.40. The topological polar surface area (TPSA) is 111 Å². The number of nitro benzene ring substituents is 1. The van der Waals surface area contributed by atoms with Crippen molar-refractivity contribution in [2.75, 3.05) is 19.0 Å². The first-order valence-corrected chi connectivity index (χ1v) is 5.90. The molecule has 0 fully saturated rings. The minimum atomic E-state index is -1.03. The van der Waals surface area contributed by atoms with E-state index in [1.54, 1.807) is 6.92 Å². The summed E-state index contributed by atoms with van der Waals surface area (Å²) in [5.41, 5.74) is -0.844. The van der Waals surface area contributed by atoms with E-state index in [0.717, 1.165) is 18.2 Å². The molecule has 114 valence electrons. The fourth-order valence-electron chi connectivity index (χ4n) is 1.50. The number of hydrogen-bond donors (Lipinski definition) is 2. The first-order valence-electron chi connectivity index (χ1n) is 5.90. The van der Waals surface area contributed by atoms with Crippen LogP contribution in [0.5, 0.6) is 0 Å². The number of hydrogen-bond acceptors (Lipinski definition) is 5. The molecule has 1 aromatic carbocycles. The molecule has 0 aliphatic carbocycles. The van der Waals surface area contributed by atoms with Crippen molar-refractivity contribution in [2.24, 2.45) is 0 Å². The summed E-state index contributed by atoms with van der Waals surface area (Å²) in [5, 5.41) is 15.1. The lowest BCUT2D eigenvalue weighted by Crippen LogP contribution is -2.42. The van der Waals surface area contributed by atoms with Crippen molar-refractivity contribution in [3.8, 4) is 0 Å². The lowest BCUT2D eigenvalue weighted by Gasteiger charge is -2.12. The van der Waals surface area contributed by atoms with Crippen LogP contribution in [0.2, 0.25) is 0 Å². The third kappa shape index (κ3) is 4.80. The summed E-state index contributed by atoms with van der Waals surface area (Å²) < 4.78 is 17.9. The molecule has 21 heavy (non-hydrogen) atoms. The highest BCUT2D eigenvalue weighted by molar-refractivity contribution is 6.39. The number of carbonyl (C=O) groups excluding carboxylic acids is 2. The number of carbonyl (C=O) groups is 2. The first kappa shape index (κ1) is 16.5. The predicted octanol–water partition coefficient (Wildman–Crippen LogP) is 0.824. The summed E-state index contributed by atoms with van der Waals surface area (Å²) in [5.74, 6) is -2.97. The van der Waals surface area contributed by atoms with Crippen molar-refractivity contribution in [2.45, 2.75) is 13.0 Å². The quantitative estimate of drug-likeness (QED) is 0.475. The van der Waals surface area contributed by atoms with Crippen LogP contribution >= 0.6 is 0 Å². The van der Waals surface area contributed by atoms with E-state index in [2.05, 4.69) is 10.6 Å². The molecule has 0 radical (unpaired) electrons.